The molecule has 2 aliphatic rings. The molecule has 3 heterocycles. The number of fused-ring (bicyclic) bond motifs is 1. The zero-order valence-corrected chi connectivity index (χ0v) is 11.9. The standard InChI is InChI=1S/C16H15N3O3/c20-16(11-3-4-14-15(8-11)22-10-21-14)19-7-1-2-13(19)12-9-17-5-6-18-12/h3-6,8-9,13H,1-2,7,10H2. The first kappa shape index (κ1) is 13.1. The molecule has 22 heavy (non-hydrogen) atoms. The van der Waals surface area contributed by atoms with Crippen molar-refractivity contribution in [3.8, 4) is 11.5 Å². The molecule has 0 saturated carbocycles. The van der Waals surface area contributed by atoms with E-state index in [0.29, 0.717) is 17.1 Å². The molecule has 112 valence electrons. The lowest BCUT2D eigenvalue weighted by Gasteiger charge is -2.24. The molecular formula is C16H15N3O3. The first-order valence-corrected chi connectivity index (χ1v) is 7.29. The number of carbonyl (C=O) groups is 1. The number of ether oxygens (including phenoxy) is 2. The molecule has 1 saturated heterocycles. The Morgan fingerprint density at radius 2 is 2.14 bits per heavy atom. The maximum Gasteiger partial charge on any atom is 0.254 e. The van der Waals surface area contributed by atoms with Crippen LogP contribution in [0.4, 0.5) is 0 Å². The molecule has 1 aromatic heterocycles. The molecule has 0 spiro atoms. The van der Waals surface area contributed by atoms with Gasteiger partial charge < -0.3 is 14.4 Å². The minimum absolute atomic E-state index is 0.00776. The predicted molar refractivity (Wildman–Crippen MR) is 77.6 cm³/mol. The van der Waals surface area contributed by atoms with Gasteiger partial charge in [-0.05, 0) is 31.0 Å². The minimum atomic E-state index is -0.00791. The highest BCUT2D eigenvalue weighted by Gasteiger charge is 2.32. The Bertz CT molecular complexity index is 705. The van der Waals surface area contributed by atoms with Crippen LogP contribution in [0, 0.1) is 0 Å². The van der Waals surface area contributed by atoms with Crippen LogP contribution in [0.2, 0.25) is 0 Å². The van der Waals surface area contributed by atoms with Crippen LogP contribution in [0.3, 0.4) is 0 Å². The van der Waals surface area contributed by atoms with E-state index in [-0.39, 0.29) is 18.7 Å². The fraction of sp³-hybridized carbons (Fsp3) is 0.312. The van der Waals surface area contributed by atoms with Crippen LogP contribution in [-0.4, -0.2) is 34.1 Å². The van der Waals surface area contributed by atoms with E-state index in [4.69, 9.17) is 9.47 Å². The van der Waals surface area contributed by atoms with Crippen LogP contribution < -0.4 is 9.47 Å². The summed E-state index contributed by atoms with van der Waals surface area (Å²) in [5.74, 6) is 1.30. The van der Waals surface area contributed by atoms with E-state index in [1.807, 2.05) is 4.90 Å². The van der Waals surface area contributed by atoms with Gasteiger partial charge in [-0.2, -0.15) is 0 Å². The second kappa shape index (κ2) is 5.29. The number of carbonyl (C=O) groups excluding carboxylic acids is 1. The molecule has 0 radical (unpaired) electrons. The summed E-state index contributed by atoms with van der Waals surface area (Å²) in [6.45, 7) is 0.938. The summed E-state index contributed by atoms with van der Waals surface area (Å²) in [6.07, 6.45) is 6.92. The summed E-state index contributed by atoms with van der Waals surface area (Å²) >= 11 is 0. The van der Waals surface area contributed by atoms with Gasteiger partial charge in [0.15, 0.2) is 11.5 Å². The van der Waals surface area contributed by atoms with Crippen molar-refractivity contribution >= 4 is 5.91 Å². The van der Waals surface area contributed by atoms with Crippen LogP contribution in [0.25, 0.3) is 0 Å². The van der Waals surface area contributed by atoms with Gasteiger partial charge in [-0.25, -0.2) is 0 Å². The van der Waals surface area contributed by atoms with Crippen molar-refractivity contribution in [3.05, 3.63) is 48.0 Å². The molecule has 6 heteroatoms. The Labute approximate surface area is 127 Å². The maximum atomic E-state index is 12.8. The van der Waals surface area contributed by atoms with Crippen molar-refractivity contribution in [2.45, 2.75) is 18.9 Å². The summed E-state index contributed by atoms with van der Waals surface area (Å²) in [5, 5.41) is 0. The first-order chi connectivity index (χ1) is 10.8. The van der Waals surface area contributed by atoms with Crippen molar-refractivity contribution in [1.82, 2.24) is 14.9 Å². The molecular weight excluding hydrogens is 282 g/mol. The highest BCUT2D eigenvalue weighted by Crippen LogP contribution is 2.35. The van der Waals surface area contributed by atoms with Crippen LogP contribution in [0.5, 0.6) is 11.5 Å². The van der Waals surface area contributed by atoms with Gasteiger partial charge in [0.1, 0.15) is 0 Å². The Morgan fingerprint density at radius 1 is 1.23 bits per heavy atom. The summed E-state index contributed by atoms with van der Waals surface area (Å²) in [7, 11) is 0. The van der Waals surface area contributed by atoms with Crippen molar-refractivity contribution in [2.24, 2.45) is 0 Å². The Kier molecular flexibility index (Phi) is 3.14. The number of rotatable bonds is 2. The lowest BCUT2D eigenvalue weighted by Crippen LogP contribution is -2.31. The van der Waals surface area contributed by atoms with E-state index >= 15 is 0 Å². The smallest absolute Gasteiger partial charge is 0.254 e. The van der Waals surface area contributed by atoms with Crippen molar-refractivity contribution in [1.29, 1.82) is 0 Å². The zero-order valence-electron chi connectivity index (χ0n) is 11.9. The molecule has 1 amide bonds. The normalized spacial score (nSPS) is 19.5. The van der Waals surface area contributed by atoms with E-state index in [9.17, 15) is 4.79 Å². The number of likely N-dealkylation sites (tertiary alicyclic amines) is 1. The van der Waals surface area contributed by atoms with Crippen molar-refractivity contribution in [3.63, 3.8) is 0 Å². The molecule has 6 nitrogen and oxygen atoms in total. The number of aromatic nitrogens is 2. The van der Waals surface area contributed by atoms with Crippen LogP contribution >= 0.6 is 0 Å². The topological polar surface area (TPSA) is 64.6 Å². The third kappa shape index (κ3) is 2.16. The fourth-order valence-electron chi connectivity index (χ4n) is 3.00. The number of hydrogen-bond acceptors (Lipinski definition) is 5. The van der Waals surface area contributed by atoms with Crippen LogP contribution in [0.15, 0.2) is 36.8 Å². The summed E-state index contributed by atoms with van der Waals surface area (Å²) < 4.78 is 10.6. The average molecular weight is 297 g/mol. The van der Waals surface area contributed by atoms with E-state index in [1.54, 1.807) is 36.8 Å². The number of hydrogen-bond donors (Lipinski definition) is 0. The number of amides is 1. The van der Waals surface area contributed by atoms with Gasteiger partial charge in [-0.15, -0.1) is 0 Å². The van der Waals surface area contributed by atoms with Gasteiger partial charge >= 0.3 is 0 Å². The van der Waals surface area contributed by atoms with E-state index in [1.165, 1.54) is 0 Å². The second-order valence-corrected chi connectivity index (χ2v) is 5.35. The third-order valence-corrected chi connectivity index (χ3v) is 4.06. The SMILES string of the molecule is O=C(c1ccc2c(c1)OCO2)N1CCCC1c1cnccn1. The molecule has 0 bridgehead atoms. The second-order valence-electron chi connectivity index (χ2n) is 5.35. The quantitative estimate of drug-likeness (QED) is 0.850. The number of benzene rings is 1. The molecule has 2 aromatic rings. The lowest BCUT2D eigenvalue weighted by molar-refractivity contribution is 0.0732. The van der Waals surface area contributed by atoms with Gasteiger partial charge in [0.2, 0.25) is 6.79 Å². The Balaban J connectivity index is 1.62. The molecule has 1 unspecified atom stereocenters. The van der Waals surface area contributed by atoms with Gasteiger partial charge in [0, 0.05) is 24.5 Å². The highest BCUT2D eigenvalue weighted by molar-refractivity contribution is 5.95. The zero-order chi connectivity index (χ0) is 14.9. The molecule has 1 fully saturated rings. The molecule has 0 N–H and O–H groups in total. The van der Waals surface area contributed by atoms with Gasteiger partial charge in [-0.3, -0.25) is 14.8 Å². The average Bonchev–Trinajstić information content (AvgIpc) is 3.23. The van der Waals surface area contributed by atoms with Crippen LogP contribution in [-0.2, 0) is 0 Å². The predicted octanol–water partition coefficient (Wildman–Crippen LogP) is 2.18. The molecule has 2 aliphatic heterocycles. The first-order valence-electron chi connectivity index (χ1n) is 7.29. The van der Waals surface area contributed by atoms with E-state index in [2.05, 4.69) is 9.97 Å². The lowest BCUT2D eigenvalue weighted by atomic mass is 10.1. The monoisotopic (exact) mass is 297 g/mol. The molecule has 4 rings (SSSR count). The molecule has 0 aliphatic carbocycles. The van der Waals surface area contributed by atoms with Gasteiger partial charge in [0.25, 0.3) is 5.91 Å². The van der Waals surface area contributed by atoms with E-state index in [0.717, 1.165) is 25.1 Å². The summed E-state index contributed by atoms with van der Waals surface area (Å²) in [6, 6.07) is 5.30. The Morgan fingerprint density at radius 3 is 3.00 bits per heavy atom. The summed E-state index contributed by atoms with van der Waals surface area (Å²) in [5.41, 5.74) is 1.45. The highest BCUT2D eigenvalue weighted by atomic mass is 16.7. The fourth-order valence-corrected chi connectivity index (χ4v) is 3.00. The van der Waals surface area contributed by atoms with Crippen molar-refractivity contribution in [2.75, 3.05) is 13.3 Å². The molecule has 1 atom stereocenters. The van der Waals surface area contributed by atoms with Crippen LogP contribution in [0.1, 0.15) is 34.9 Å². The van der Waals surface area contributed by atoms with Crippen molar-refractivity contribution < 1.29 is 14.3 Å². The number of nitrogens with zero attached hydrogens (tertiary/aromatic N) is 3. The maximum absolute atomic E-state index is 12.8. The van der Waals surface area contributed by atoms with Gasteiger partial charge in [-0.1, -0.05) is 0 Å². The largest absolute Gasteiger partial charge is 0.454 e. The summed E-state index contributed by atoms with van der Waals surface area (Å²) in [4.78, 5) is 23.1. The van der Waals surface area contributed by atoms with E-state index < -0.39 is 0 Å². The third-order valence-electron chi connectivity index (χ3n) is 4.06. The van der Waals surface area contributed by atoms with Gasteiger partial charge in [0.05, 0.1) is 17.9 Å². The minimum Gasteiger partial charge on any atom is -0.454 e. The molecule has 1 aromatic carbocycles. The Hall–Kier alpha value is -2.63.